The van der Waals surface area contributed by atoms with E-state index in [-0.39, 0.29) is 6.42 Å². The van der Waals surface area contributed by atoms with E-state index in [1.807, 2.05) is 13.8 Å². The van der Waals surface area contributed by atoms with Crippen LogP contribution < -0.4 is 0 Å². The van der Waals surface area contributed by atoms with E-state index in [0.29, 0.717) is 31.3 Å². The van der Waals surface area contributed by atoms with E-state index in [2.05, 4.69) is 6.58 Å². The van der Waals surface area contributed by atoms with Gasteiger partial charge in [-0.3, -0.25) is 19.2 Å². The maximum atomic E-state index is 12.7. The quantitative estimate of drug-likeness (QED) is 0.348. The fourth-order valence-corrected chi connectivity index (χ4v) is 6.14. The van der Waals surface area contributed by atoms with Crippen molar-refractivity contribution >= 4 is 23.9 Å². The van der Waals surface area contributed by atoms with Crippen molar-refractivity contribution < 1.29 is 43.2 Å². The predicted octanol–water partition coefficient (Wildman–Crippen LogP) is 3.18. The van der Waals surface area contributed by atoms with Crippen LogP contribution in [0.2, 0.25) is 0 Å². The highest BCUT2D eigenvalue weighted by molar-refractivity contribution is 5.78. The Balaban J connectivity index is 2.33. The normalized spacial score (nSPS) is 40.0. The van der Waals surface area contributed by atoms with Gasteiger partial charge in [-0.25, -0.2) is 0 Å². The highest BCUT2D eigenvalue weighted by Gasteiger charge is 2.67. The largest absolute Gasteiger partial charge is 0.462 e. The zero-order chi connectivity index (χ0) is 27.0. The van der Waals surface area contributed by atoms with Gasteiger partial charge < -0.3 is 24.1 Å². The molecule has 0 unspecified atom stereocenters. The van der Waals surface area contributed by atoms with Crippen LogP contribution in [0.25, 0.3) is 0 Å². The van der Waals surface area contributed by atoms with Crippen LogP contribution in [0, 0.1) is 17.3 Å². The molecule has 0 radical (unpaired) electrons. The molecule has 3 aliphatic rings. The summed E-state index contributed by atoms with van der Waals surface area (Å²) in [6.45, 7) is 13.7. The number of carbonyl (C=O) groups is 4. The maximum Gasteiger partial charge on any atom is 0.312 e. The van der Waals surface area contributed by atoms with Crippen LogP contribution in [-0.4, -0.2) is 59.0 Å². The molecule has 1 aliphatic heterocycles. The number of ether oxygens (including phenoxy) is 4. The molecular weight excluding hydrogens is 468 g/mol. The molecule has 8 atom stereocenters. The SMILES string of the molecule is C=C1CC[C@H](OC(C)=O)[C@]2(C)[C@@H](OC(=O)CC)CC/C(C)=C\[C@@H]3OC(=O)[C@H](C)[C@@]3(O)[C@H](OC(C)=O)[C@@H]12. The smallest absolute Gasteiger partial charge is 0.312 e. The monoisotopic (exact) mass is 506 g/mol. The van der Waals surface area contributed by atoms with E-state index in [9.17, 15) is 24.3 Å². The summed E-state index contributed by atoms with van der Waals surface area (Å²) in [5, 5.41) is 12.2. The number of fused-ring (bicyclic) bond motifs is 2. The van der Waals surface area contributed by atoms with Crippen LogP contribution in [0.5, 0.6) is 0 Å². The first-order chi connectivity index (χ1) is 16.8. The molecule has 1 saturated carbocycles. The van der Waals surface area contributed by atoms with Gasteiger partial charge in [-0.1, -0.05) is 31.6 Å². The third-order valence-corrected chi connectivity index (χ3v) is 8.13. The Morgan fingerprint density at radius 2 is 1.69 bits per heavy atom. The summed E-state index contributed by atoms with van der Waals surface area (Å²) >= 11 is 0. The Bertz CT molecular complexity index is 968. The topological polar surface area (TPSA) is 125 Å². The minimum absolute atomic E-state index is 0.143. The van der Waals surface area contributed by atoms with Gasteiger partial charge in [0, 0.05) is 26.2 Å². The third-order valence-electron chi connectivity index (χ3n) is 8.13. The molecule has 1 heterocycles. The molecular formula is C27H38O9. The Labute approximate surface area is 212 Å². The lowest BCUT2D eigenvalue weighted by molar-refractivity contribution is -0.220. The third kappa shape index (κ3) is 4.82. The number of carbonyl (C=O) groups excluding carboxylic acids is 4. The van der Waals surface area contributed by atoms with E-state index in [4.69, 9.17) is 18.9 Å². The first-order valence-electron chi connectivity index (χ1n) is 12.6. The predicted molar refractivity (Wildman–Crippen MR) is 128 cm³/mol. The molecule has 200 valence electrons. The van der Waals surface area contributed by atoms with Gasteiger partial charge in [0.25, 0.3) is 0 Å². The molecule has 0 bridgehead atoms. The zero-order valence-electron chi connectivity index (χ0n) is 22.0. The molecule has 0 aromatic heterocycles. The minimum Gasteiger partial charge on any atom is -0.462 e. The number of esters is 4. The van der Waals surface area contributed by atoms with Gasteiger partial charge in [0.2, 0.25) is 0 Å². The van der Waals surface area contributed by atoms with E-state index in [1.54, 1.807) is 13.0 Å². The highest BCUT2D eigenvalue weighted by atomic mass is 16.6. The Kier molecular flexibility index (Phi) is 8.03. The molecule has 1 N–H and O–H groups in total. The molecule has 1 saturated heterocycles. The number of hydrogen-bond acceptors (Lipinski definition) is 9. The van der Waals surface area contributed by atoms with Crippen LogP contribution in [0.4, 0.5) is 0 Å². The lowest BCUT2D eigenvalue weighted by Gasteiger charge is -2.55. The summed E-state index contributed by atoms with van der Waals surface area (Å²) in [5.74, 6) is -4.05. The molecule has 2 fully saturated rings. The molecule has 36 heavy (non-hydrogen) atoms. The fourth-order valence-electron chi connectivity index (χ4n) is 6.14. The average Bonchev–Trinajstić information content (AvgIpc) is 3.00. The standard InChI is InChI=1S/C27H38O9/c1-8-22(30)35-20-11-9-14(2)13-21-27(32,16(4)25(31)36-21)24(34-18(6)29)23-15(3)10-12-19(26(20,23)7)33-17(5)28/h13,16,19-21,23-24,32H,3,8-12H2,1-2,4-7H3/b14-13-/t16-,19-,20-,21-,23+,24+,26+,27-/m0/s1. The summed E-state index contributed by atoms with van der Waals surface area (Å²) in [5.41, 5.74) is -1.62. The van der Waals surface area contributed by atoms with Crippen molar-refractivity contribution in [2.45, 2.75) is 104 Å². The second-order valence-electron chi connectivity index (χ2n) is 10.5. The van der Waals surface area contributed by atoms with Crippen LogP contribution in [-0.2, 0) is 38.1 Å². The summed E-state index contributed by atoms with van der Waals surface area (Å²) in [7, 11) is 0. The molecule has 2 aliphatic carbocycles. The minimum atomic E-state index is -1.94. The van der Waals surface area contributed by atoms with Gasteiger partial charge >= 0.3 is 23.9 Å². The average molecular weight is 507 g/mol. The van der Waals surface area contributed by atoms with Crippen molar-refractivity contribution in [2.75, 3.05) is 0 Å². The van der Waals surface area contributed by atoms with Gasteiger partial charge in [-0.05, 0) is 45.6 Å². The molecule has 3 rings (SSSR count). The van der Waals surface area contributed by atoms with Crippen molar-refractivity contribution in [1.82, 2.24) is 0 Å². The first-order valence-corrected chi connectivity index (χ1v) is 12.6. The van der Waals surface area contributed by atoms with Crippen LogP contribution in [0.1, 0.15) is 73.6 Å². The van der Waals surface area contributed by atoms with Crippen LogP contribution in [0.15, 0.2) is 23.8 Å². The maximum absolute atomic E-state index is 12.7. The molecule has 0 amide bonds. The van der Waals surface area contributed by atoms with E-state index in [1.165, 1.54) is 20.8 Å². The van der Waals surface area contributed by atoms with Crippen molar-refractivity contribution in [2.24, 2.45) is 17.3 Å². The Morgan fingerprint density at radius 3 is 2.28 bits per heavy atom. The van der Waals surface area contributed by atoms with Gasteiger partial charge in [-0.15, -0.1) is 0 Å². The number of allylic oxidation sites excluding steroid dienone is 1. The molecule has 0 aromatic carbocycles. The lowest BCUT2D eigenvalue weighted by Crippen LogP contribution is -2.65. The van der Waals surface area contributed by atoms with Gasteiger partial charge in [0.1, 0.15) is 18.3 Å². The zero-order valence-corrected chi connectivity index (χ0v) is 22.0. The number of aliphatic hydroxyl groups is 1. The molecule has 0 spiro atoms. The second kappa shape index (κ2) is 10.4. The van der Waals surface area contributed by atoms with Gasteiger partial charge in [-0.2, -0.15) is 0 Å². The highest BCUT2D eigenvalue weighted by Crippen LogP contribution is 2.56. The molecule has 0 aromatic rings. The first kappa shape index (κ1) is 27.9. The summed E-state index contributed by atoms with van der Waals surface area (Å²) in [6, 6.07) is 0. The summed E-state index contributed by atoms with van der Waals surface area (Å²) < 4.78 is 23.2. The van der Waals surface area contributed by atoms with E-state index in [0.717, 1.165) is 5.57 Å². The van der Waals surface area contributed by atoms with Crippen LogP contribution in [0.3, 0.4) is 0 Å². The van der Waals surface area contributed by atoms with Crippen molar-refractivity contribution in [1.29, 1.82) is 0 Å². The van der Waals surface area contributed by atoms with Gasteiger partial charge in [0.15, 0.2) is 11.7 Å². The van der Waals surface area contributed by atoms with E-state index < -0.39 is 71.1 Å². The number of hydrogen-bond donors (Lipinski definition) is 1. The summed E-state index contributed by atoms with van der Waals surface area (Å²) in [4.78, 5) is 49.9. The van der Waals surface area contributed by atoms with Crippen molar-refractivity contribution in [3.63, 3.8) is 0 Å². The number of rotatable bonds is 4. The molecule has 9 nitrogen and oxygen atoms in total. The Hall–Kier alpha value is -2.68. The Morgan fingerprint density at radius 1 is 1.11 bits per heavy atom. The second-order valence-corrected chi connectivity index (χ2v) is 10.5. The van der Waals surface area contributed by atoms with E-state index >= 15 is 0 Å². The van der Waals surface area contributed by atoms with Gasteiger partial charge in [0.05, 0.1) is 11.3 Å². The van der Waals surface area contributed by atoms with Crippen LogP contribution >= 0.6 is 0 Å². The fraction of sp³-hybridized carbons (Fsp3) is 0.704. The van der Waals surface area contributed by atoms with Crippen molar-refractivity contribution in [3.05, 3.63) is 23.8 Å². The lowest BCUT2D eigenvalue weighted by atomic mass is 9.55. The summed E-state index contributed by atoms with van der Waals surface area (Å²) in [6.07, 6.45) is -0.328. The van der Waals surface area contributed by atoms with Crippen molar-refractivity contribution in [3.8, 4) is 0 Å². The molecule has 9 heteroatoms.